The number of aromatic nitrogens is 2. The summed E-state index contributed by atoms with van der Waals surface area (Å²) in [5, 5.41) is 0. The van der Waals surface area contributed by atoms with Gasteiger partial charge in [-0.1, -0.05) is 143 Å². The molecule has 0 saturated carbocycles. The third-order valence-electron chi connectivity index (χ3n) is 8.26. The second kappa shape index (κ2) is 19.8. The zero-order valence-electron chi connectivity index (χ0n) is 24.7. The van der Waals surface area contributed by atoms with E-state index in [1.54, 1.807) is 5.56 Å². The maximum absolute atomic E-state index is 5.14. The lowest BCUT2D eigenvalue weighted by Crippen LogP contribution is -2.02. The van der Waals surface area contributed by atoms with Gasteiger partial charge in [-0.3, -0.25) is 0 Å². The Bertz CT molecular complexity index is 765. The number of benzene rings is 1. The minimum Gasteiger partial charge on any atom is -0.342 e. The van der Waals surface area contributed by atoms with Gasteiger partial charge in [0.1, 0.15) is 5.82 Å². The minimum absolute atomic E-state index is 0.595. The van der Waals surface area contributed by atoms with E-state index in [2.05, 4.69) is 50.9 Å². The molecule has 1 atom stereocenters. The molecule has 1 unspecified atom stereocenters. The van der Waals surface area contributed by atoms with E-state index in [0.29, 0.717) is 11.8 Å². The van der Waals surface area contributed by atoms with Crippen molar-refractivity contribution in [3.05, 3.63) is 29.6 Å². The average Bonchev–Trinajstić information content (AvgIpc) is 3.32. The first-order chi connectivity index (χ1) is 17.7. The number of fused-ring (bicyclic) bond motifs is 1. The molecule has 0 aliphatic rings. The molecule has 0 radical (unpaired) electrons. The Morgan fingerprint density at radius 3 is 1.50 bits per heavy atom. The second-order valence-electron chi connectivity index (χ2n) is 11.5. The van der Waals surface area contributed by atoms with E-state index in [1.807, 2.05) is 0 Å². The van der Waals surface area contributed by atoms with Gasteiger partial charge in [-0.05, 0) is 49.3 Å². The van der Waals surface area contributed by atoms with Gasteiger partial charge in [-0.25, -0.2) is 4.98 Å². The number of rotatable bonds is 23. The van der Waals surface area contributed by atoms with Gasteiger partial charge in [0.05, 0.1) is 11.0 Å². The zero-order valence-corrected chi connectivity index (χ0v) is 24.7. The Morgan fingerprint density at radius 1 is 0.556 bits per heavy atom. The van der Waals surface area contributed by atoms with Gasteiger partial charge in [-0.2, -0.15) is 0 Å². The summed E-state index contributed by atoms with van der Waals surface area (Å²) in [5.74, 6) is 2.56. The van der Waals surface area contributed by atoms with Crippen molar-refractivity contribution in [3.8, 4) is 0 Å². The number of H-pyrrole nitrogens is 1. The van der Waals surface area contributed by atoms with Gasteiger partial charge in [-0.15, -0.1) is 0 Å². The molecule has 2 rings (SSSR count). The minimum atomic E-state index is 0.595. The third-order valence-corrected chi connectivity index (χ3v) is 8.26. The summed E-state index contributed by atoms with van der Waals surface area (Å²) in [7, 11) is 0. The lowest BCUT2D eigenvalue weighted by Gasteiger charge is -2.18. The van der Waals surface area contributed by atoms with Crippen molar-refractivity contribution in [1.82, 2.24) is 9.97 Å². The molecule has 0 bridgehead atoms. The van der Waals surface area contributed by atoms with Crippen LogP contribution in [0.2, 0.25) is 0 Å². The van der Waals surface area contributed by atoms with Crippen LogP contribution in [0, 0.1) is 0 Å². The largest absolute Gasteiger partial charge is 0.342 e. The van der Waals surface area contributed by atoms with Crippen molar-refractivity contribution in [2.75, 3.05) is 0 Å². The maximum atomic E-state index is 5.14. The number of imidazole rings is 1. The first-order valence-electron chi connectivity index (χ1n) is 16.2. The molecule has 0 fully saturated rings. The van der Waals surface area contributed by atoms with Gasteiger partial charge in [0.15, 0.2) is 0 Å². The van der Waals surface area contributed by atoms with Gasteiger partial charge in [0.25, 0.3) is 0 Å². The van der Waals surface area contributed by atoms with E-state index in [0.717, 1.165) is 0 Å². The molecule has 0 aliphatic carbocycles. The van der Waals surface area contributed by atoms with E-state index in [9.17, 15) is 0 Å². The summed E-state index contributed by atoms with van der Waals surface area (Å²) >= 11 is 0. The van der Waals surface area contributed by atoms with E-state index >= 15 is 0 Å². The van der Waals surface area contributed by atoms with Crippen LogP contribution < -0.4 is 0 Å². The fourth-order valence-corrected chi connectivity index (χ4v) is 5.84. The Morgan fingerprint density at radius 2 is 1.00 bits per heavy atom. The molecule has 1 aromatic heterocycles. The van der Waals surface area contributed by atoms with E-state index < -0.39 is 0 Å². The fraction of sp³-hybridized carbons (Fsp3) is 0.794. The van der Waals surface area contributed by atoms with Crippen molar-refractivity contribution < 1.29 is 0 Å². The topological polar surface area (TPSA) is 28.7 Å². The highest BCUT2D eigenvalue weighted by atomic mass is 14.9. The smallest absolute Gasteiger partial charge is 0.110 e. The van der Waals surface area contributed by atoms with Crippen LogP contribution in [-0.2, 0) is 0 Å². The molecule has 1 N–H and O–H groups in total. The molecule has 0 aliphatic heterocycles. The predicted molar refractivity (Wildman–Crippen MR) is 161 cm³/mol. The summed E-state index contributed by atoms with van der Waals surface area (Å²) in [6.45, 7) is 9.24. The molecule has 2 nitrogen and oxygen atoms in total. The van der Waals surface area contributed by atoms with Crippen molar-refractivity contribution >= 4 is 11.0 Å². The Hall–Kier alpha value is -1.31. The summed E-state index contributed by atoms with van der Waals surface area (Å²) in [6, 6.07) is 7.18. The van der Waals surface area contributed by atoms with Gasteiger partial charge in [0, 0.05) is 5.92 Å². The van der Waals surface area contributed by atoms with Crippen LogP contribution in [0.5, 0.6) is 0 Å². The lowest BCUT2D eigenvalue weighted by molar-refractivity contribution is 0.483. The first-order valence-corrected chi connectivity index (χ1v) is 16.2. The normalized spacial score (nSPS) is 12.7. The van der Waals surface area contributed by atoms with Crippen LogP contribution in [0.15, 0.2) is 18.2 Å². The summed E-state index contributed by atoms with van der Waals surface area (Å²) in [5.41, 5.74) is 4.00. The molecular formula is C34H60N2. The van der Waals surface area contributed by atoms with Crippen LogP contribution in [0.25, 0.3) is 11.0 Å². The molecule has 2 aromatic rings. The van der Waals surface area contributed by atoms with Crippen molar-refractivity contribution in [2.24, 2.45) is 0 Å². The van der Waals surface area contributed by atoms with Crippen molar-refractivity contribution in [2.45, 2.75) is 174 Å². The first kappa shape index (κ1) is 30.9. The highest BCUT2D eigenvalue weighted by Crippen LogP contribution is 2.32. The zero-order chi connectivity index (χ0) is 25.8. The monoisotopic (exact) mass is 496 g/mol. The molecule has 206 valence electrons. The molecule has 1 heterocycles. The van der Waals surface area contributed by atoms with Gasteiger partial charge in [0.2, 0.25) is 0 Å². The Balaban J connectivity index is 2.11. The highest BCUT2D eigenvalue weighted by Gasteiger charge is 2.18. The Labute approximate surface area is 224 Å². The summed E-state index contributed by atoms with van der Waals surface area (Å²) in [6.07, 6.45) is 28.4. The number of hydrogen-bond acceptors (Lipinski definition) is 1. The lowest BCUT2D eigenvalue weighted by atomic mass is 9.88. The number of aromatic amines is 1. The van der Waals surface area contributed by atoms with Crippen molar-refractivity contribution in [3.63, 3.8) is 0 Å². The molecule has 36 heavy (non-hydrogen) atoms. The molecule has 1 aromatic carbocycles. The van der Waals surface area contributed by atoms with E-state index in [1.165, 1.54) is 152 Å². The van der Waals surface area contributed by atoms with Crippen LogP contribution in [-0.4, -0.2) is 9.97 Å². The number of unbranched alkanes of at least 4 members (excludes halogenated alkanes) is 13. The number of nitrogens with zero attached hydrogens (tertiary/aromatic N) is 1. The third kappa shape index (κ3) is 11.8. The Kier molecular flexibility index (Phi) is 17.0. The van der Waals surface area contributed by atoms with Crippen LogP contribution in [0.3, 0.4) is 0 Å². The fourth-order valence-electron chi connectivity index (χ4n) is 5.84. The summed E-state index contributed by atoms with van der Waals surface area (Å²) in [4.78, 5) is 8.96. The standard InChI is InChI=1S/C34H60N2/c1-5-9-13-17-21-23-29(22-18-14-10-6-2)31-26-27-32-33(28-31)36-34(35-32)30(24-19-15-11-7-3)25-20-16-12-8-4/h26-30H,5-25H2,1-4H3,(H,35,36). The molecule has 2 heteroatoms. The summed E-state index contributed by atoms with van der Waals surface area (Å²) < 4.78 is 0. The SMILES string of the molecule is CCCCCCCC(CCCCCC)c1ccc2nc(C(CCCCCC)CCCCCC)[nH]c2c1. The van der Waals surface area contributed by atoms with E-state index in [-0.39, 0.29) is 0 Å². The van der Waals surface area contributed by atoms with Crippen LogP contribution in [0.1, 0.15) is 186 Å². The maximum Gasteiger partial charge on any atom is 0.110 e. The molecular weight excluding hydrogens is 436 g/mol. The van der Waals surface area contributed by atoms with Crippen LogP contribution >= 0.6 is 0 Å². The number of hydrogen-bond donors (Lipinski definition) is 1. The van der Waals surface area contributed by atoms with Gasteiger partial charge >= 0.3 is 0 Å². The highest BCUT2D eigenvalue weighted by molar-refractivity contribution is 5.76. The molecule has 0 saturated heterocycles. The second-order valence-corrected chi connectivity index (χ2v) is 11.5. The average molecular weight is 497 g/mol. The molecule has 0 amide bonds. The number of nitrogens with one attached hydrogen (secondary N) is 1. The van der Waals surface area contributed by atoms with Crippen molar-refractivity contribution in [1.29, 1.82) is 0 Å². The van der Waals surface area contributed by atoms with Gasteiger partial charge < -0.3 is 4.98 Å². The quantitative estimate of drug-likeness (QED) is 0.152. The van der Waals surface area contributed by atoms with E-state index in [4.69, 9.17) is 4.98 Å². The predicted octanol–water partition coefficient (Wildman–Crippen LogP) is 12.0. The molecule has 0 spiro atoms. The van der Waals surface area contributed by atoms with Crippen LogP contribution in [0.4, 0.5) is 0 Å².